The van der Waals surface area contributed by atoms with Gasteiger partial charge >= 0.3 is 5.97 Å². The van der Waals surface area contributed by atoms with E-state index in [-0.39, 0.29) is 37.3 Å². The molecule has 16 heteroatoms. The summed E-state index contributed by atoms with van der Waals surface area (Å²) in [5.74, 6) is -2.71. The summed E-state index contributed by atoms with van der Waals surface area (Å²) < 4.78 is 38.6. The Bertz CT molecular complexity index is 2330. The predicted molar refractivity (Wildman–Crippen MR) is 324 cm³/mol. The minimum absolute atomic E-state index is 0.119. The molecule has 456 valence electrons. The average molecular weight is 1150 g/mol. The largest absolute Gasteiger partial charge is 0.459 e. The Labute approximate surface area is 487 Å². The topological polar surface area (TPSA) is 183 Å². The third-order valence-electron chi connectivity index (χ3n) is 18.3. The molecule has 3 saturated heterocycles. The van der Waals surface area contributed by atoms with Crippen molar-refractivity contribution >= 4 is 29.1 Å². The van der Waals surface area contributed by atoms with E-state index in [4.69, 9.17) is 28.4 Å². The number of cyclic esters (lactones) is 1. The van der Waals surface area contributed by atoms with Gasteiger partial charge in [0, 0.05) is 50.2 Å². The van der Waals surface area contributed by atoms with Gasteiger partial charge in [0.2, 0.25) is 0 Å². The molecule has 0 aliphatic carbocycles. The van der Waals surface area contributed by atoms with Crippen LogP contribution in [0.1, 0.15) is 133 Å². The van der Waals surface area contributed by atoms with Gasteiger partial charge < -0.3 is 63.8 Å². The molecule has 6 rings (SSSR count). The summed E-state index contributed by atoms with van der Waals surface area (Å²) in [6, 6.07) is 30.3. The Hall–Kier alpha value is -2.96. The van der Waals surface area contributed by atoms with Crippen molar-refractivity contribution in [2.45, 2.75) is 224 Å². The Balaban J connectivity index is 1.28. The van der Waals surface area contributed by atoms with Crippen LogP contribution in [0, 0.1) is 17.8 Å². The van der Waals surface area contributed by atoms with E-state index in [1.165, 1.54) is 28.6 Å². The summed E-state index contributed by atoms with van der Waals surface area (Å²) in [7, 11) is 7.54. The van der Waals surface area contributed by atoms with Crippen molar-refractivity contribution in [1.82, 2.24) is 14.7 Å². The van der Waals surface area contributed by atoms with E-state index < -0.39 is 103 Å². The molecule has 15 nitrogen and oxygen atoms in total. The van der Waals surface area contributed by atoms with Gasteiger partial charge in [-0.3, -0.25) is 9.69 Å². The highest BCUT2D eigenvalue weighted by Gasteiger charge is 2.53. The monoisotopic (exact) mass is 1150 g/mol. The highest BCUT2D eigenvalue weighted by Crippen LogP contribution is 2.57. The molecule has 18 atom stereocenters. The van der Waals surface area contributed by atoms with Crippen molar-refractivity contribution in [1.29, 1.82) is 0 Å². The molecule has 0 spiro atoms. The van der Waals surface area contributed by atoms with Crippen LogP contribution in [0.2, 0.25) is 0 Å². The maximum atomic E-state index is 14.8. The number of benzene rings is 3. The number of carbonyl (C=O) groups excluding carboxylic acids is 1. The van der Waals surface area contributed by atoms with Crippen LogP contribution in [-0.4, -0.2) is 191 Å². The number of rotatable bonds is 20. The molecule has 0 saturated carbocycles. The molecule has 3 aromatic rings. The fraction of sp³-hybridized carbons (Fsp3) is 0.708. The van der Waals surface area contributed by atoms with Crippen LogP contribution in [0.3, 0.4) is 0 Å². The summed E-state index contributed by atoms with van der Waals surface area (Å²) in [5.41, 5.74) is -3.17. The first kappa shape index (κ1) is 67.2. The summed E-state index contributed by atoms with van der Waals surface area (Å²) in [4.78, 5) is 21.2. The van der Waals surface area contributed by atoms with Gasteiger partial charge in [0.05, 0.1) is 47.7 Å². The first-order valence-electron chi connectivity index (χ1n) is 30.2. The van der Waals surface area contributed by atoms with Gasteiger partial charge in [0.1, 0.15) is 53.2 Å². The van der Waals surface area contributed by atoms with Gasteiger partial charge in [0.25, 0.3) is 0 Å². The second-order valence-electron chi connectivity index (χ2n) is 25.6. The predicted octanol–water partition coefficient (Wildman–Crippen LogP) is 7.28. The lowest BCUT2D eigenvalue weighted by Crippen LogP contribution is -2.60. The van der Waals surface area contributed by atoms with Crippen LogP contribution < -0.4 is 15.9 Å². The number of esters is 1. The molecule has 81 heavy (non-hydrogen) atoms. The minimum atomic E-state index is -2.06. The van der Waals surface area contributed by atoms with Gasteiger partial charge in [-0.1, -0.05) is 88.2 Å². The number of carbonyl (C=O) groups is 1. The maximum absolute atomic E-state index is 14.8. The molecule has 0 bridgehead atoms. The number of aliphatic hydroxyl groups excluding tert-OH is 3. The van der Waals surface area contributed by atoms with Gasteiger partial charge in [-0.2, -0.15) is 0 Å². The number of methoxy groups -OCH3 is 1. The first-order valence-corrected chi connectivity index (χ1v) is 32.2. The van der Waals surface area contributed by atoms with Crippen LogP contribution in [0.5, 0.6) is 0 Å². The van der Waals surface area contributed by atoms with Crippen LogP contribution in [0.25, 0.3) is 0 Å². The SMILES string of the molecule is CC[C@H]1OC(=O)[C@H](C)[C@@H](O[C@H]2C[C@@](C)(OC)[C@@H](O)[C@H](C)O2)[C@H](C)[C@@H](O[C@@H]2O[C@H](C)C[C@H](N(C)C)[C@H]2O)[C@](C)(O)C[C@@H](C)CN(CCCCCCC[P+](c2ccccc2)(c2ccccc2)c2ccccc2CN(C)C)[C@H](C)[C@@H](O)[C@]1(C)O. The second kappa shape index (κ2) is 29.4. The standard InChI is InChI=1S/C65H105N3O12P/c1-16-54-65(10,74)58(70)47(6)68(36-28-18-17-19-29-37-81(50-31-22-20-23-32-50,51-33-24-21-25-34-51)53-35-27-26-30-49(53)42-66(11)12)41-43(2)39-63(8,73)60(80-62-56(69)52(67(13)14)38-44(3)76-62)45(4)57(46(5)61(72)78-54)79-55-40-64(9,75-15)59(71)48(7)77-55/h20-27,30-35,43-48,52,54-60,62,69-71,73-74H,16-19,28-29,36-42H2,1-15H3/q+1/t43-,44-,45+,46-,47-,48+,52+,54-,55+,56-,57+,58-,59+,60-,62+,63-,64-,65-/m1/s1. The highest BCUT2D eigenvalue weighted by molar-refractivity contribution is 7.95. The minimum Gasteiger partial charge on any atom is -0.459 e. The molecular weight excluding hydrogens is 1050 g/mol. The zero-order valence-corrected chi connectivity index (χ0v) is 52.7. The Morgan fingerprint density at radius 1 is 0.753 bits per heavy atom. The van der Waals surface area contributed by atoms with Gasteiger partial charge in [-0.25, -0.2) is 0 Å². The molecular formula is C65H105N3O12P+. The van der Waals surface area contributed by atoms with E-state index in [0.717, 1.165) is 44.8 Å². The quantitative estimate of drug-likeness (QED) is 0.0432. The Morgan fingerprint density at radius 2 is 1.35 bits per heavy atom. The number of nitrogens with zero attached hydrogens (tertiary/aromatic N) is 3. The lowest BCUT2D eigenvalue weighted by molar-refractivity contribution is -0.318. The lowest BCUT2D eigenvalue weighted by Gasteiger charge is -2.48. The number of hydrogen-bond acceptors (Lipinski definition) is 15. The zero-order valence-electron chi connectivity index (χ0n) is 51.8. The fourth-order valence-electron chi connectivity index (χ4n) is 13.6. The first-order chi connectivity index (χ1) is 38.2. The average Bonchev–Trinajstić information content (AvgIpc) is 3.62. The molecule has 3 fully saturated rings. The molecule has 0 unspecified atom stereocenters. The Kier molecular flexibility index (Phi) is 24.4. The summed E-state index contributed by atoms with van der Waals surface area (Å²) in [5, 5.41) is 65.2. The Morgan fingerprint density at radius 3 is 1.94 bits per heavy atom. The van der Waals surface area contributed by atoms with Gasteiger partial charge in [-0.15, -0.1) is 0 Å². The van der Waals surface area contributed by atoms with Crippen LogP contribution in [0.15, 0.2) is 84.9 Å². The third-order valence-corrected chi connectivity index (χ3v) is 22.9. The molecule has 3 aromatic carbocycles. The number of unbranched alkanes of at least 4 members (excludes halogenated alkanes) is 4. The zero-order chi connectivity index (χ0) is 59.6. The molecule has 3 aliphatic rings. The molecule has 3 heterocycles. The third kappa shape index (κ3) is 16.1. The van der Waals surface area contributed by atoms with Crippen molar-refractivity contribution in [2.24, 2.45) is 17.8 Å². The van der Waals surface area contributed by atoms with Crippen molar-refractivity contribution < 1.29 is 58.7 Å². The van der Waals surface area contributed by atoms with Crippen molar-refractivity contribution in [2.75, 3.05) is 54.6 Å². The smallest absolute Gasteiger partial charge is 0.311 e. The van der Waals surface area contributed by atoms with Crippen molar-refractivity contribution in [3.63, 3.8) is 0 Å². The number of aliphatic hydroxyl groups is 5. The second-order valence-corrected chi connectivity index (χ2v) is 29.1. The molecule has 5 N–H and O–H groups in total. The number of ether oxygens (including phenoxy) is 6. The van der Waals surface area contributed by atoms with Crippen molar-refractivity contribution in [3.05, 3.63) is 90.5 Å². The number of hydrogen-bond donors (Lipinski definition) is 5. The summed E-state index contributed by atoms with van der Waals surface area (Å²) >= 11 is 0. The number of likely N-dealkylation sites (N-methyl/N-ethyl adjacent to an activating group) is 1. The van der Waals surface area contributed by atoms with E-state index in [2.05, 4.69) is 116 Å². The lowest BCUT2D eigenvalue weighted by atomic mass is 9.77. The normalized spacial score (nSPS) is 36.3. The van der Waals surface area contributed by atoms with Crippen LogP contribution in [0.4, 0.5) is 0 Å². The van der Waals surface area contributed by atoms with Gasteiger partial charge in [0.15, 0.2) is 12.6 Å². The van der Waals surface area contributed by atoms with Crippen LogP contribution >= 0.6 is 7.26 Å². The van der Waals surface area contributed by atoms with Gasteiger partial charge in [-0.05, 0) is 158 Å². The molecule has 0 aromatic heterocycles. The van der Waals surface area contributed by atoms with Crippen molar-refractivity contribution in [3.8, 4) is 0 Å². The van der Waals surface area contributed by atoms with E-state index >= 15 is 0 Å². The highest BCUT2D eigenvalue weighted by atomic mass is 31.2. The fourth-order valence-corrected chi connectivity index (χ4v) is 18.3. The van der Waals surface area contributed by atoms with Crippen LogP contribution in [-0.2, 0) is 39.8 Å². The van der Waals surface area contributed by atoms with E-state index in [0.29, 0.717) is 19.5 Å². The van der Waals surface area contributed by atoms with E-state index in [1.807, 2.05) is 46.7 Å². The molecule has 3 aliphatic heterocycles. The molecule has 0 amide bonds. The van der Waals surface area contributed by atoms with E-state index in [1.54, 1.807) is 34.6 Å². The summed E-state index contributed by atoms with van der Waals surface area (Å²) in [6.07, 6.45) is -2.67. The molecule has 0 radical (unpaired) electrons. The summed E-state index contributed by atoms with van der Waals surface area (Å²) in [6.45, 7) is 20.0. The van der Waals surface area contributed by atoms with E-state index in [9.17, 15) is 30.3 Å². The maximum Gasteiger partial charge on any atom is 0.311 e.